The number of hydrogen-bond donors (Lipinski definition) is 1. The van der Waals surface area contributed by atoms with Gasteiger partial charge in [-0.05, 0) is 13.8 Å². The highest BCUT2D eigenvalue weighted by Gasteiger charge is 2.09. The van der Waals surface area contributed by atoms with Gasteiger partial charge in [-0.2, -0.15) is 0 Å². The molecule has 2 rings (SSSR count). The molecule has 18 heavy (non-hydrogen) atoms. The molecule has 2 aromatic rings. The minimum absolute atomic E-state index is 0.154. The second-order valence-electron chi connectivity index (χ2n) is 3.56. The molecule has 0 aromatic carbocycles. The minimum atomic E-state index is -0.154. The van der Waals surface area contributed by atoms with Gasteiger partial charge in [-0.3, -0.25) is 4.79 Å². The summed E-state index contributed by atoms with van der Waals surface area (Å²) in [4.78, 5) is 11.6. The predicted octanol–water partition coefficient (Wildman–Crippen LogP) is 1.33. The first-order chi connectivity index (χ1) is 8.69. The lowest BCUT2D eigenvalue weighted by Gasteiger charge is -2.02. The predicted molar refractivity (Wildman–Crippen MR) is 66.3 cm³/mol. The summed E-state index contributed by atoms with van der Waals surface area (Å²) in [6.07, 6.45) is 1.64. The molecule has 0 spiro atoms. The van der Waals surface area contributed by atoms with E-state index in [1.807, 2.05) is 11.5 Å². The molecular weight excluding hydrogens is 254 g/mol. The zero-order valence-electron chi connectivity index (χ0n) is 10.1. The monoisotopic (exact) mass is 267 g/mol. The van der Waals surface area contributed by atoms with Crippen LogP contribution >= 0.6 is 11.8 Å². The number of nitrogens with zero attached hydrogens (tertiary/aromatic N) is 4. The largest absolute Gasteiger partial charge is 0.360 e. The Kier molecular flexibility index (Phi) is 3.98. The maximum Gasteiger partial charge on any atom is 0.236 e. The number of aryl methyl sites for hydroxylation is 2. The van der Waals surface area contributed by atoms with E-state index in [1.54, 1.807) is 19.3 Å². The summed E-state index contributed by atoms with van der Waals surface area (Å²) in [7, 11) is 0. The van der Waals surface area contributed by atoms with Crippen LogP contribution in [0, 0.1) is 6.92 Å². The Hall–Kier alpha value is -1.83. The molecule has 1 N–H and O–H groups in total. The van der Waals surface area contributed by atoms with Crippen LogP contribution in [0.1, 0.15) is 12.7 Å². The maximum atomic E-state index is 11.6. The average Bonchev–Trinajstić information content (AvgIpc) is 2.95. The molecule has 0 atom stereocenters. The second-order valence-corrected chi connectivity index (χ2v) is 4.50. The molecule has 96 valence electrons. The lowest BCUT2D eigenvalue weighted by molar-refractivity contribution is -0.113. The second kappa shape index (κ2) is 5.67. The molecule has 2 heterocycles. The Morgan fingerprint density at radius 1 is 1.61 bits per heavy atom. The fourth-order valence-corrected chi connectivity index (χ4v) is 2.09. The highest BCUT2D eigenvalue weighted by atomic mass is 32.2. The third kappa shape index (κ3) is 3.10. The van der Waals surface area contributed by atoms with Gasteiger partial charge in [-0.1, -0.05) is 16.9 Å². The van der Waals surface area contributed by atoms with Gasteiger partial charge < -0.3 is 14.4 Å². The Balaban J connectivity index is 1.85. The van der Waals surface area contributed by atoms with Crippen LogP contribution in [0.3, 0.4) is 0 Å². The van der Waals surface area contributed by atoms with Gasteiger partial charge in [0.25, 0.3) is 0 Å². The standard InChI is InChI=1S/C10H13N5O2S/c1-3-15-6-11-13-10(15)18-5-9(16)12-8-4-7(2)17-14-8/h4,6H,3,5H2,1-2H3,(H,12,14,16). The van der Waals surface area contributed by atoms with Crippen molar-refractivity contribution in [3.8, 4) is 0 Å². The van der Waals surface area contributed by atoms with E-state index in [0.717, 1.165) is 11.7 Å². The number of amides is 1. The molecule has 0 saturated heterocycles. The molecular formula is C10H13N5O2S. The number of thioether (sulfide) groups is 1. The summed E-state index contributed by atoms with van der Waals surface area (Å²) in [5, 5.41) is 14.8. The first-order valence-electron chi connectivity index (χ1n) is 5.43. The van der Waals surface area contributed by atoms with Crippen molar-refractivity contribution in [2.24, 2.45) is 0 Å². The van der Waals surface area contributed by atoms with Crippen molar-refractivity contribution in [2.75, 3.05) is 11.1 Å². The zero-order chi connectivity index (χ0) is 13.0. The molecule has 0 aliphatic heterocycles. The third-order valence-electron chi connectivity index (χ3n) is 2.15. The van der Waals surface area contributed by atoms with Crippen molar-refractivity contribution in [3.63, 3.8) is 0 Å². The normalized spacial score (nSPS) is 10.6. The van der Waals surface area contributed by atoms with Gasteiger partial charge in [0.1, 0.15) is 12.1 Å². The van der Waals surface area contributed by atoms with Crippen LogP contribution < -0.4 is 5.32 Å². The lowest BCUT2D eigenvalue weighted by Crippen LogP contribution is -2.14. The van der Waals surface area contributed by atoms with Crippen LogP contribution in [0.2, 0.25) is 0 Å². The molecule has 0 saturated carbocycles. The van der Waals surface area contributed by atoms with Crippen molar-refractivity contribution in [2.45, 2.75) is 25.5 Å². The van der Waals surface area contributed by atoms with Gasteiger partial charge in [0.05, 0.1) is 5.75 Å². The molecule has 0 unspecified atom stereocenters. The van der Waals surface area contributed by atoms with Crippen molar-refractivity contribution in [3.05, 3.63) is 18.2 Å². The summed E-state index contributed by atoms with van der Waals surface area (Å²) in [5.74, 6) is 1.18. The Morgan fingerprint density at radius 2 is 2.44 bits per heavy atom. The molecule has 0 aliphatic carbocycles. The zero-order valence-corrected chi connectivity index (χ0v) is 10.9. The number of hydrogen-bond acceptors (Lipinski definition) is 6. The van der Waals surface area contributed by atoms with E-state index in [1.165, 1.54) is 11.8 Å². The Morgan fingerprint density at radius 3 is 3.11 bits per heavy atom. The van der Waals surface area contributed by atoms with E-state index < -0.39 is 0 Å². The molecule has 8 heteroatoms. The van der Waals surface area contributed by atoms with Gasteiger partial charge >= 0.3 is 0 Å². The molecule has 7 nitrogen and oxygen atoms in total. The fraction of sp³-hybridized carbons (Fsp3) is 0.400. The van der Waals surface area contributed by atoms with Crippen LogP contribution in [0.15, 0.2) is 22.1 Å². The summed E-state index contributed by atoms with van der Waals surface area (Å²) in [6, 6.07) is 1.66. The molecule has 0 bridgehead atoms. The number of carbonyl (C=O) groups excluding carboxylic acids is 1. The van der Waals surface area contributed by atoms with E-state index in [2.05, 4.69) is 20.7 Å². The fourth-order valence-electron chi connectivity index (χ4n) is 1.31. The van der Waals surface area contributed by atoms with E-state index in [9.17, 15) is 4.79 Å². The van der Waals surface area contributed by atoms with Crippen molar-refractivity contribution in [1.82, 2.24) is 19.9 Å². The molecule has 0 radical (unpaired) electrons. The topological polar surface area (TPSA) is 85.8 Å². The Labute approximate surface area is 108 Å². The van der Waals surface area contributed by atoms with Gasteiger partial charge in [0.15, 0.2) is 11.0 Å². The minimum Gasteiger partial charge on any atom is -0.360 e. The number of nitrogens with one attached hydrogen (secondary N) is 1. The number of rotatable bonds is 5. The SMILES string of the molecule is CCn1cnnc1SCC(=O)Nc1cc(C)on1. The first-order valence-corrected chi connectivity index (χ1v) is 6.41. The van der Waals surface area contributed by atoms with Crippen LogP contribution in [0.4, 0.5) is 5.82 Å². The van der Waals surface area contributed by atoms with Crippen molar-refractivity contribution >= 4 is 23.5 Å². The Bertz CT molecular complexity index is 536. The quantitative estimate of drug-likeness (QED) is 0.822. The van der Waals surface area contributed by atoms with Gasteiger partial charge in [-0.15, -0.1) is 10.2 Å². The molecule has 2 aromatic heterocycles. The smallest absolute Gasteiger partial charge is 0.236 e. The average molecular weight is 267 g/mol. The van der Waals surface area contributed by atoms with Gasteiger partial charge in [0.2, 0.25) is 5.91 Å². The highest BCUT2D eigenvalue weighted by Crippen LogP contribution is 2.15. The summed E-state index contributed by atoms with van der Waals surface area (Å²) in [6.45, 7) is 4.53. The molecule has 1 amide bonds. The third-order valence-corrected chi connectivity index (χ3v) is 3.13. The number of anilines is 1. The number of carbonyl (C=O) groups is 1. The van der Waals surface area contributed by atoms with Crippen LogP contribution in [-0.2, 0) is 11.3 Å². The lowest BCUT2D eigenvalue weighted by atomic mass is 10.5. The van der Waals surface area contributed by atoms with E-state index in [-0.39, 0.29) is 11.7 Å². The highest BCUT2D eigenvalue weighted by molar-refractivity contribution is 7.99. The van der Waals surface area contributed by atoms with Gasteiger partial charge in [0, 0.05) is 12.6 Å². The molecule has 0 aliphatic rings. The first kappa shape index (κ1) is 12.6. The number of aromatic nitrogens is 4. The maximum absolute atomic E-state index is 11.6. The molecule has 0 fully saturated rings. The van der Waals surface area contributed by atoms with Crippen LogP contribution in [0.5, 0.6) is 0 Å². The van der Waals surface area contributed by atoms with E-state index >= 15 is 0 Å². The van der Waals surface area contributed by atoms with Crippen molar-refractivity contribution < 1.29 is 9.32 Å². The van der Waals surface area contributed by atoms with E-state index in [0.29, 0.717) is 11.6 Å². The van der Waals surface area contributed by atoms with E-state index in [4.69, 9.17) is 4.52 Å². The van der Waals surface area contributed by atoms with Gasteiger partial charge in [-0.25, -0.2) is 0 Å². The van der Waals surface area contributed by atoms with Crippen molar-refractivity contribution in [1.29, 1.82) is 0 Å². The van der Waals surface area contributed by atoms with Crippen LogP contribution in [0.25, 0.3) is 0 Å². The summed E-state index contributed by atoms with van der Waals surface area (Å²) >= 11 is 1.33. The summed E-state index contributed by atoms with van der Waals surface area (Å²) < 4.78 is 6.73. The summed E-state index contributed by atoms with van der Waals surface area (Å²) in [5.41, 5.74) is 0. The van der Waals surface area contributed by atoms with Crippen LogP contribution in [-0.4, -0.2) is 31.6 Å².